The van der Waals surface area contributed by atoms with Crippen molar-refractivity contribution in [2.24, 2.45) is 11.7 Å². The Morgan fingerprint density at radius 3 is 2.56 bits per heavy atom. The molecule has 1 aliphatic rings. The molecule has 18 heavy (non-hydrogen) atoms. The maximum Gasteiger partial charge on any atom is 0.161 e. The van der Waals surface area contributed by atoms with E-state index in [9.17, 15) is 0 Å². The van der Waals surface area contributed by atoms with Gasteiger partial charge in [-0.05, 0) is 31.0 Å². The molecule has 3 atom stereocenters. The molecular weight excluding hydrogens is 230 g/mol. The third kappa shape index (κ3) is 2.60. The molecule has 4 heteroatoms. The second kappa shape index (κ2) is 5.59. The minimum atomic E-state index is -0.0187. The number of hydrogen-bond donors (Lipinski definition) is 1. The molecule has 2 rings (SSSR count). The van der Waals surface area contributed by atoms with Crippen molar-refractivity contribution in [1.82, 2.24) is 0 Å². The molecule has 2 N–H and O–H groups in total. The van der Waals surface area contributed by atoms with Gasteiger partial charge in [0.05, 0.1) is 26.9 Å². The van der Waals surface area contributed by atoms with Crippen LogP contribution in [0.5, 0.6) is 11.5 Å². The van der Waals surface area contributed by atoms with Crippen molar-refractivity contribution < 1.29 is 14.2 Å². The predicted molar refractivity (Wildman–Crippen MR) is 70.0 cm³/mol. The molecular formula is C14H21NO3. The molecule has 4 nitrogen and oxygen atoms in total. The van der Waals surface area contributed by atoms with E-state index in [2.05, 4.69) is 6.92 Å². The highest BCUT2D eigenvalue weighted by atomic mass is 16.5. The maximum atomic E-state index is 6.30. The Kier molecular flexibility index (Phi) is 4.09. The second-order valence-corrected chi connectivity index (χ2v) is 4.78. The summed E-state index contributed by atoms with van der Waals surface area (Å²) in [4.78, 5) is 0. The lowest BCUT2D eigenvalue weighted by molar-refractivity contribution is 0.118. The quantitative estimate of drug-likeness (QED) is 0.890. The van der Waals surface area contributed by atoms with Gasteiger partial charge in [-0.1, -0.05) is 6.07 Å². The molecule has 1 saturated heterocycles. The fraction of sp³-hybridized carbons (Fsp3) is 0.571. The fourth-order valence-corrected chi connectivity index (χ4v) is 2.43. The molecule has 1 aliphatic heterocycles. The third-order valence-electron chi connectivity index (χ3n) is 3.53. The van der Waals surface area contributed by atoms with E-state index in [4.69, 9.17) is 19.9 Å². The van der Waals surface area contributed by atoms with Crippen LogP contribution < -0.4 is 15.2 Å². The van der Waals surface area contributed by atoms with Crippen LogP contribution >= 0.6 is 0 Å². The van der Waals surface area contributed by atoms with Crippen LogP contribution in [0.3, 0.4) is 0 Å². The van der Waals surface area contributed by atoms with Crippen molar-refractivity contribution in [1.29, 1.82) is 0 Å². The molecule has 0 aromatic heterocycles. The summed E-state index contributed by atoms with van der Waals surface area (Å²) < 4.78 is 16.1. The normalized spacial score (nSPS) is 24.9. The zero-order valence-electron chi connectivity index (χ0n) is 11.2. The molecule has 0 aliphatic carbocycles. The van der Waals surface area contributed by atoms with E-state index in [-0.39, 0.29) is 6.04 Å². The van der Waals surface area contributed by atoms with E-state index in [0.717, 1.165) is 30.1 Å². The van der Waals surface area contributed by atoms with Gasteiger partial charge in [0.1, 0.15) is 0 Å². The second-order valence-electron chi connectivity index (χ2n) is 4.78. The summed E-state index contributed by atoms with van der Waals surface area (Å²) in [6.45, 7) is 2.82. The summed E-state index contributed by atoms with van der Waals surface area (Å²) in [6, 6.07) is 5.82. The van der Waals surface area contributed by atoms with Crippen molar-refractivity contribution in [2.75, 3.05) is 20.8 Å². The van der Waals surface area contributed by atoms with E-state index in [1.54, 1.807) is 14.2 Å². The number of nitrogens with two attached hydrogens (primary N) is 1. The third-order valence-corrected chi connectivity index (χ3v) is 3.53. The first-order chi connectivity index (χ1) is 8.65. The molecule has 1 heterocycles. The van der Waals surface area contributed by atoms with Gasteiger partial charge in [0.2, 0.25) is 0 Å². The Hall–Kier alpha value is -1.26. The van der Waals surface area contributed by atoms with Crippen molar-refractivity contribution in [3.8, 4) is 11.5 Å². The van der Waals surface area contributed by atoms with Gasteiger partial charge < -0.3 is 19.9 Å². The predicted octanol–water partition coefficient (Wildman–Crippen LogP) is 2.13. The highest BCUT2D eigenvalue weighted by Crippen LogP contribution is 2.34. The Morgan fingerprint density at radius 1 is 1.28 bits per heavy atom. The zero-order chi connectivity index (χ0) is 13.1. The minimum absolute atomic E-state index is 0.0187. The highest BCUT2D eigenvalue weighted by Gasteiger charge is 2.28. The van der Waals surface area contributed by atoms with Gasteiger partial charge in [-0.2, -0.15) is 0 Å². The first kappa shape index (κ1) is 13.2. The van der Waals surface area contributed by atoms with E-state index in [1.165, 1.54) is 0 Å². The van der Waals surface area contributed by atoms with Gasteiger partial charge in [-0.25, -0.2) is 0 Å². The zero-order valence-corrected chi connectivity index (χ0v) is 11.2. The first-order valence-electron chi connectivity index (χ1n) is 6.24. The standard InChI is InChI=1S/C14H21NO3/c1-9-6-11(8-18-9)14(15)10-4-5-12(16-2)13(7-10)17-3/h4-5,7,9,11,14H,6,8,15H2,1-3H3. The SMILES string of the molecule is COc1ccc(C(N)C2COC(C)C2)cc1OC. The largest absolute Gasteiger partial charge is 0.493 e. The molecule has 3 unspecified atom stereocenters. The van der Waals surface area contributed by atoms with Crippen LogP contribution in [-0.4, -0.2) is 26.9 Å². The average Bonchev–Trinajstić information content (AvgIpc) is 2.83. The Labute approximate surface area is 108 Å². The lowest BCUT2D eigenvalue weighted by atomic mass is 9.91. The highest BCUT2D eigenvalue weighted by molar-refractivity contribution is 5.43. The van der Waals surface area contributed by atoms with Crippen molar-refractivity contribution >= 4 is 0 Å². The van der Waals surface area contributed by atoms with E-state index in [1.807, 2.05) is 18.2 Å². The molecule has 0 saturated carbocycles. The number of benzene rings is 1. The van der Waals surface area contributed by atoms with Crippen LogP contribution in [0.4, 0.5) is 0 Å². The monoisotopic (exact) mass is 251 g/mol. The lowest BCUT2D eigenvalue weighted by Crippen LogP contribution is -2.21. The van der Waals surface area contributed by atoms with Gasteiger partial charge in [-0.15, -0.1) is 0 Å². The van der Waals surface area contributed by atoms with Crippen molar-refractivity contribution in [3.05, 3.63) is 23.8 Å². The average molecular weight is 251 g/mol. The van der Waals surface area contributed by atoms with Gasteiger partial charge in [-0.3, -0.25) is 0 Å². The van der Waals surface area contributed by atoms with Crippen LogP contribution in [-0.2, 0) is 4.74 Å². The summed E-state index contributed by atoms with van der Waals surface area (Å²) in [5.41, 5.74) is 7.37. The van der Waals surface area contributed by atoms with Gasteiger partial charge >= 0.3 is 0 Å². The van der Waals surface area contributed by atoms with Crippen LogP contribution in [0.15, 0.2) is 18.2 Å². The molecule has 0 spiro atoms. The van der Waals surface area contributed by atoms with E-state index in [0.29, 0.717) is 12.0 Å². The molecule has 100 valence electrons. The van der Waals surface area contributed by atoms with Crippen LogP contribution in [0.25, 0.3) is 0 Å². The Bertz CT molecular complexity index is 408. The van der Waals surface area contributed by atoms with Gasteiger partial charge in [0, 0.05) is 12.0 Å². The molecule has 0 radical (unpaired) electrons. The number of hydrogen-bond acceptors (Lipinski definition) is 4. The minimum Gasteiger partial charge on any atom is -0.493 e. The first-order valence-corrected chi connectivity index (χ1v) is 6.24. The molecule has 1 aromatic carbocycles. The van der Waals surface area contributed by atoms with Crippen LogP contribution in [0, 0.1) is 5.92 Å². The van der Waals surface area contributed by atoms with Crippen LogP contribution in [0.2, 0.25) is 0 Å². The fourth-order valence-electron chi connectivity index (χ4n) is 2.43. The van der Waals surface area contributed by atoms with Crippen molar-refractivity contribution in [3.63, 3.8) is 0 Å². The van der Waals surface area contributed by atoms with E-state index < -0.39 is 0 Å². The van der Waals surface area contributed by atoms with Crippen molar-refractivity contribution in [2.45, 2.75) is 25.5 Å². The smallest absolute Gasteiger partial charge is 0.161 e. The molecule has 1 fully saturated rings. The Balaban J connectivity index is 2.17. The number of ether oxygens (including phenoxy) is 3. The topological polar surface area (TPSA) is 53.7 Å². The lowest BCUT2D eigenvalue weighted by Gasteiger charge is -2.19. The molecule has 0 amide bonds. The van der Waals surface area contributed by atoms with Gasteiger partial charge in [0.25, 0.3) is 0 Å². The molecule has 0 bridgehead atoms. The van der Waals surface area contributed by atoms with Gasteiger partial charge in [0.15, 0.2) is 11.5 Å². The summed E-state index contributed by atoms with van der Waals surface area (Å²) >= 11 is 0. The number of rotatable bonds is 4. The summed E-state index contributed by atoms with van der Waals surface area (Å²) in [6.07, 6.45) is 1.32. The van der Waals surface area contributed by atoms with E-state index >= 15 is 0 Å². The molecule has 1 aromatic rings. The number of methoxy groups -OCH3 is 2. The summed E-state index contributed by atoms with van der Waals surface area (Å²) in [7, 11) is 3.26. The summed E-state index contributed by atoms with van der Waals surface area (Å²) in [5.74, 6) is 1.82. The maximum absolute atomic E-state index is 6.30. The van der Waals surface area contributed by atoms with Crippen LogP contribution in [0.1, 0.15) is 24.9 Å². The summed E-state index contributed by atoms with van der Waals surface area (Å²) in [5, 5.41) is 0. The Morgan fingerprint density at radius 2 is 2.00 bits per heavy atom.